The lowest BCUT2D eigenvalue weighted by molar-refractivity contribution is -0.119. The SMILES string of the molecule is C[C@H](NC(=O)c1ccc(F)c(F)c1)C(N)=O. The number of benzene rings is 1. The molecule has 1 rings (SSSR count). The molecule has 16 heavy (non-hydrogen) atoms. The summed E-state index contributed by atoms with van der Waals surface area (Å²) in [5.41, 5.74) is 4.85. The summed E-state index contributed by atoms with van der Waals surface area (Å²) in [4.78, 5) is 22.1. The van der Waals surface area contributed by atoms with E-state index in [4.69, 9.17) is 5.73 Å². The van der Waals surface area contributed by atoms with Crippen LogP contribution in [0.5, 0.6) is 0 Å². The third-order valence-corrected chi connectivity index (χ3v) is 1.96. The van der Waals surface area contributed by atoms with E-state index in [-0.39, 0.29) is 5.56 Å². The number of primary amides is 1. The minimum Gasteiger partial charge on any atom is -0.368 e. The molecule has 0 saturated heterocycles. The monoisotopic (exact) mass is 228 g/mol. The Labute approximate surface area is 90.4 Å². The van der Waals surface area contributed by atoms with Crippen molar-refractivity contribution in [1.82, 2.24) is 5.32 Å². The van der Waals surface area contributed by atoms with Crippen LogP contribution in [0.1, 0.15) is 17.3 Å². The van der Waals surface area contributed by atoms with Crippen molar-refractivity contribution < 1.29 is 18.4 Å². The van der Waals surface area contributed by atoms with Gasteiger partial charge in [-0.1, -0.05) is 0 Å². The second kappa shape index (κ2) is 4.69. The molecule has 0 aliphatic rings. The summed E-state index contributed by atoms with van der Waals surface area (Å²) in [6.07, 6.45) is 0. The van der Waals surface area contributed by atoms with Gasteiger partial charge in [-0.2, -0.15) is 0 Å². The van der Waals surface area contributed by atoms with Gasteiger partial charge in [-0.25, -0.2) is 8.78 Å². The fourth-order valence-corrected chi connectivity index (χ4v) is 0.988. The highest BCUT2D eigenvalue weighted by Crippen LogP contribution is 2.08. The maximum atomic E-state index is 12.8. The Morgan fingerprint density at radius 2 is 1.94 bits per heavy atom. The molecular weight excluding hydrogens is 218 g/mol. The van der Waals surface area contributed by atoms with Crippen LogP contribution >= 0.6 is 0 Å². The van der Waals surface area contributed by atoms with Gasteiger partial charge in [0.15, 0.2) is 11.6 Å². The maximum Gasteiger partial charge on any atom is 0.252 e. The molecule has 0 heterocycles. The van der Waals surface area contributed by atoms with Crippen LogP contribution in [0.2, 0.25) is 0 Å². The quantitative estimate of drug-likeness (QED) is 0.793. The van der Waals surface area contributed by atoms with Crippen molar-refractivity contribution in [1.29, 1.82) is 0 Å². The first-order chi connectivity index (χ1) is 7.41. The molecule has 0 saturated carbocycles. The Morgan fingerprint density at radius 1 is 1.31 bits per heavy atom. The molecule has 2 amide bonds. The van der Waals surface area contributed by atoms with E-state index >= 15 is 0 Å². The second-order valence-electron chi connectivity index (χ2n) is 3.23. The molecule has 3 N–H and O–H groups in total. The van der Waals surface area contributed by atoms with E-state index in [1.54, 1.807) is 0 Å². The minimum absolute atomic E-state index is 0.0769. The fourth-order valence-electron chi connectivity index (χ4n) is 0.988. The number of rotatable bonds is 3. The Balaban J connectivity index is 2.81. The summed E-state index contributed by atoms with van der Waals surface area (Å²) in [6.45, 7) is 1.39. The summed E-state index contributed by atoms with van der Waals surface area (Å²) in [5, 5.41) is 2.24. The zero-order chi connectivity index (χ0) is 12.3. The molecule has 1 aromatic carbocycles. The van der Waals surface area contributed by atoms with Crippen LogP contribution in [0.25, 0.3) is 0 Å². The topological polar surface area (TPSA) is 72.2 Å². The average Bonchev–Trinajstić information content (AvgIpc) is 2.21. The van der Waals surface area contributed by atoms with Crippen molar-refractivity contribution in [3.63, 3.8) is 0 Å². The largest absolute Gasteiger partial charge is 0.368 e. The molecule has 86 valence electrons. The standard InChI is InChI=1S/C10H10F2N2O2/c1-5(9(13)15)14-10(16)6-2-3-7(11)8(12)4-6/h2-5H,1H3,(H2,13,15)(H,14,16)/t5-/m0/s1. The number of hydrogen-bond acceptors (Lipinski definition) is 2. The van der Waals surface area contributed by atoms with E-state index in [1.807, 2.05) is 0 Å². The molecule has 4 nitrogen and oxygen atoms in total. The first-order valence-corrected chi connectivity index (χ1v) is 4.47. The number of carbonyl (C=O) groups is 2. The molecule has 0 aliphatic heterocycles. The maximum absolute atomic E-state index is 12.8. The van der Waals surface area contributed by atoms with E-state index in [2.05, 4.69) is 5.32 Å². The van der Waals surface area contributed by atoms with Gasteiger partial charge < -0.3 is 11.1 Å². The van der Waals surface area contributed by atoms with Crippen molar-refractivity contribution in [2.24, 2.45) is 5.73 Å². The van der Waals surface area contributed by atoms with E-state index < -0.39 is 29.5 Å². The van der Waals surface area contributed by atoms with Gasteiger partial charge in [0.1, 0.15) is 6.04 Å². The highest BCUT2D eigenvalue weighted by Gasteiger charge is 2.14. The first kappa shape index (κ1) is 12.1. The Hall–Kier alpha value is -1.98. The van der Waals surface area contributed by atoms with Crippen LogP contribution in [0.15, 0.2) is 18.2 Å². The van der Waals surface area contributed by atoms with Crippen LogP contribution in [0.4, 0.5) is 8.78 Å². The van der Waals surface area contributed by atoms with E-state index in [1.165, 1.54) is 6.92 Å². The third-order valence-electron chi connectivity index (χ3n) is 1.96. The number of carbonyl (C=O) groups excluding carboxylic acids is 2. The lowest BCUT2D eigenvalue weighted by Gasteiger charge is -2.09. The van der Waals surface area contributed by atoms with Crippen molar-refractivity contribution in [3.8, 4) is 0 Å². The average molecular weight is 228 g/mol. The summed E-state index contributed by atoms with van der Waals surface area (Å²) >= 11 is 0. The lowest BCUT2D eigenvalue weighted by atomic mass is 10.2. The number of hydrogen-bond donors (Lipinski definition) is 2. The molecule has 0 fully saturated rings. The smallest absolute Gasteiger partial charge is 0.252 e. The number of halogens is 2. The van der Waals surface area contributed by atoms with Crippen molar-refractivity contribution in [2.75, 3.05) is 0 Å². The van der Waals surface area contributed by atoms with Crippen LogP contribution in [-0.2, 0) is 4.79 Å². The zero-order valence-corrected chi connectivity index (χ0v) is 8.46. The molecule has 1 aromatic rings. The Morgan fingerprint density at radius 3 is 2.44 bits per heavy atom. The highest BCUT2D eigenvalue weighted by molar-refractivity contribution is 5.97. The van der Waals surface area contributed by atoms with Gasteiger partial charge in [-0.05, 0) is 25.1 Å². The lowest BCUT2D eigenvalue weighted by Crippen LogP contribution is -2.42. The summed E-state index contributed by atoms with van der Waals surface area (Å²) in [6, 6.07) is 1.82. The van der Waals surface area contributed by atoms with Gasteiger partial charge in [0.25, 0.3) is 5.91 Å². The van der Waals surface area contributed by atoms with Crippen LogP contribution in [0, 0.1) is 11.6 Å². The van der Waals surface area contributed by atoms with Gasteiger partial charge in [0, 0.05) is 5.56 Å². The molecule has 0 radical (unpaired) electrons. The fraction of sp³-hybridized carbons (Fsp3) is 0.200. The van der Waals surface area contributed by atoms with Gasteiger partial charge in [-0.3, -0.25) is 9.59 Å². The molecule has 0 spiro atoms. The van der Waals surface area contributed by atoms with E-state index in [0.717, 1.165) is 18.2 Å². The Kier molecular flexibility index (Phi) is 3.55. The molecule has 0 bridgehead atoms. The van der Waals surface area contributed by atoms with Crippen molar-refractivity contribution in [2.45, 2.75) is 13.0 Å². The predicted molar refractivity (Wildman–Crippen MR) is 52.5 cm³/mol. The molecule has 0 unspecified atom stereocenters. The molecule has 6 heteroatoms. The minimum atomic E-state index is -1.13. The summed E-state index contributed by atoms with van der Waals surface area (Å²) < 4.78 is 25.4. The highest BCUT2D eigenvalue weighted by atomic mass is 19.2. The van der Waals surface area contributed by atoms with Crippen molar-refractivity contribution in [3.05, 3.63) is 35.4 Å². The van der Waals surface area contributed by atoms with Crippen LogP contribution in [0.3, 0.4) is 0 Å². The van der Waals surface area contributed by atoms with Crippen molar-refractivity contribution >= 4 is 11.8 Å². The Bertz CT molecular complexity index is 435. The third kappa shape index (κ3) is 2.75. The second-order valence-corrected chi connectivity index (χ2v) is 3.23. The van der Waals surface area contributed by atoms with Crippen LogP contribution < -0.4 is 11.1 Å². The molecule has 0 aliphatic carbocycles. The zero-order valence-electron chi connectivity index (χ0n) is 8.46. The summed E-state index contributed by atoms with van der Waals surface area (Å²) in [7, 11) is 0. The summed E-state index contributed by atoms with van der Waals surface area (Å²) in [5.74, 6) is -3.57. The molecular formula is C10H10F2N2O2. The number of nitrogens with one attached hydrogen (secondary N) is 1. The number of nitrogens with two attached hydrogens (primary N) is 1. The first-order valence-electron chi connectivity index (χ1n) is 4.47. The van der Waals surface area contributed by atoms with Gasteiger partial charge in [-0.15, -0.1) is 0 Å². The van der Waals surface area contributed by atoms with E-state index in [0.29, 0.717) is 0 Å². The van der Waals surface area contributed by atoms with E-state index in [9.17, 15) is 18.4 Å². The predicted octanol–water partition coefficient (Wildman–Crippen LogP) is 0.568. The normalized spacial score (nSPS) is 11.9. The van der Waals surface area contributed by atoms with Gasteiger partial charge in [0.2, 0.25) is 5.91 Å². The van der Waals surface area contributed by atoms with Gasteiger partial charge >= 0.3 is 0 Å². The number of amides is 2. The molecule has 1 atom stereocenters. The van der Waals surface area contributed by atoms with Crippen LogP contribution in [-0.4, -0.2) is 17.9 Å². The van der Waals surface area contributed by atoms with Gasteiger partial charge in [0.05, 0.1) is 0 Å². The molecule has 0 aromatic heterocycles.